The van der Waals surface area contributed by atoms with Crippen LogP contribution in [0.25, 0.3) is 0 Å². The molecule has 1 fully saturated rings. The molecule has 0 unspecified atom stereocenters. The van der Waals surface area contributed by atoms with Gasteiger partial charge >= 0.3 is 6.36 Å². The van der Waals surface area contributed by atoms with Crippen LogP contribution in [0, 0.1) is 0 Å². The van der Waals surface area contributed by atoms with Gasteiger partial charge in [-0.25, -0.2) is 23.1 Å². The van der Waals surface area contributed by atoms with Crippen molar-refractivity contribution in [1.82, 2.24) is 15.3 Å². The van der Waals surface area contributed by atoms with E-state index in [1.807, 2.05) is 0 Å². The molecule has 1 aromatic carbocycles. The lowest BCUT2D eigenvalue weighted by Crippen LogP contribution is -2.59. The van der Waals surface area contributed by atoms with Crippen molar-refractivity contribution in [1.29, 1.82) is 0 Å². The minimum Gasteiger partial charge on any atom is -0.406 e. The van der Waals surface area contributed by atoms with E-state index in [1.54, 1.807) is 0 Å². The molecule has 1 aliphatic rings. The van der Waals surface area contributed by atoms with Gasteiger partial charge in [0, 0.05) is 42.5 Å². The zero-order valence-electron chi connectivity index (χ0n) is 18.0. The normalized spacial score (nSPS) is 19.9. The topological polar surface area (TPSA) is 84.4 Å². The Morgan fingerprint density at radius 3 is 2.29 bits per heavy atom. The first-order valence-electron chi connectivity index (χ1n) is 10.2. The summed E-state index contributed by atoms with van der Waals surface area (Å²) < 4.78 is 82.8. The van der Waals surface area contributed by atoms with Crippen molar-refractivity contribution in [3.8, 4) is 5.75 Å². The molecule has 1 aromatic heterocycles. The smallest absolute Gasteiger partial charge is 0.406 e. The summed E-state index contributed by atoms with van der Waals surface area (Å²) in [4.78, 5) is 34.6. The molecule has 1 aliphatic carbocycles. The first-order chi connectivity index (χ1) is 16.2. The molecule has 3 atom stereocenters. The number of nitrogens with zero attached hydrogens (tertiary/aromatic N) is 3. The highest BCUT2D eigenvalue weighted by atomic mass is 35.5. The zero-order chi connectivity index (χ0) is 26.0. The molecule has 2 amide bonds. The van der Waals surface area contributed by atoms with Crippen LogP contribution in [0.4, 0.5) is 32.0 Å². The number of carbonyl (C=O) groups excluding carboxylic acids is 2. The van der Waals surface area contributed by atoms with Gasteiger partial charge in [0.25, 0.3) is 17.4 Å². The van der Waals surface area contributed by atoms with Crippen LogP contribution in [-0.2, 0) is 15.1 Å². The van der Waals surface area contributed by atoms with E-state index in [9.17, 15) is 35.9 Å². The minimum absolute atomic E-state index is 0.0384. The maximum absolute atomic E-state index is 14.1. The van der Waals surface area contributed by atoms with Gasteiger partial charge < -0.3 is 10.1 Å². The molecule has 0 aliphatic heterocycles. The zero-order valence-corrected chi connectivity index (χ0v) is 18.8. The van der Waals surface area contributed by atoms with Gasteiger partial charge in [0.05, 0.1) is 0 Å². The van der Waals surface area contributed by atoms with Crippen molar-refractivity contribution in [2.75, 3.05) is 4.90 Å². The number of aromatic nitrogens is 2. The molecule has 0 bridgehead atoms. The molecule has 190 valence electrons. The predicted molar refractivity (Wildman–Crippen MR) is 111 cm³/mol. The molecule has 35 heavy (non-hydrogen) atoms. The number of rotatable bonds is 7. The Hall–Kier alpha value is -3.09. The van der Waals surface area contributed by atoms with Gasteiger partial charge in [-0.15, -0.1) is 13.2 Å². The van der Waals surface area contributed by atoms with Crippen LogP contribution in [0.1, 0.15) is 31.7 Å². The van der Waals surface area contributed by atoms with Crippen LogP contribution >= 0.6 is 11.6 Å². The summed E-state index contributed by atoms with van der Waals surface area (Å²) in [7, 11) is 0. The second kappa shape index (κ2) is 9.88. The molecule has 0 radical (unpaired) electrons. The molecule has 1 heterocycles. The number of amides is 2. The number of hydrogen-bond acceptors (Lipinski definition) is 5. The number of alkyl halides is 7. The number of carbonyl (C=O) groups is 2. The molecular weight excluding hydrogens is 506 g/mol. The van der Waals surface area contributed by atoms with E-state index in [1.165, 1.54) is 6.92 Å². The SMILES string of the molecule is C[C@](C(=O)N[C@@H]1CCC(F)(F)C1)(c1cncnc1)N(C(=O)[C@H](F)Cl)c1ccc(OC(F)(F)F)cc1. The number of halogens is 7. The Kier molecular flexibility index (Phi) is 7.48. The summed E-state index contributed by atoms with van der Waals surface area (Å²) in [5.41, 5.74) is -5.06. The lowest BCUT2D eigenvalue weighted by Gasteiger charge is -2.40. The van der Waals surface area contributed by atoms with E-state index >= 15 is 0 Å². The third kappa shape index (κ3) is 6.13. The maximum Gasteiger partial charge on any atom is 0.573 e. The van der Waals surface area contributed by atoms with Gasteiger partial charge in [-0.1, -0.05) is 11.6 Å². The van der Waals surface area contributed by atoms with E-state index < -0.39 is 59.9 Å². The number of hydrogen-bond donors (Lipinski definition) is 1. The standard InChI is InChI=1S/C21H19ClF6N4O3/c1-19(12-9-29-11-30-10-12,18(34)31-13-6-7-20(24,25)8-13)32(17(33)16(22)23)14-2-4-15(5-3-14)35-21(26,27)28/h2-5,9-11,13,16H,6-8H2,1H3,(H,31,34)/t13-,16+,19-/m1/s1. The number of ether oxygens (including phenoxy) is 1. The molecule has 1 N–H and O–H groups in total. The molecule has 2 aromatic rings. The fourth-order valence-corrected chi connectivity index (χ4v) is 3.91. The van der Waals surface area contributed by atoms with E-state index in [0.29, 0.717) is 4.90 Å². The Balaban J connectivity index is 2.07. The predicted octanol–water partition coefficient (Wildman–Crippen LogP) is 4.46. The largest absolute Gasteiger partial charge is 0.573 e. The van der Waals surface area contributed by atoms with Gasteiger partial charge in [-0.2, -0.15) is 0 Å². The summed E-state index contributed by atoms with van der Waals surface area (Å²) in [5, 5.41) is 2.45. The second-order valence-electron chi connectivity index (χ2n) is 7.98. The van der Waals surface area contributed by atoms with Gasteiger partial charge in [0.1, 0.15) is 12.1 Å². The second-order valence-corrected chi connectivity index (χ2v) is 8.37. The van der Waals surface area contributed by atoms with Crippen LogP contribution < -0.4 is 15.0 Å². The average Bonchev–Trinajstić information content (AvgIpc) is 3.12. The third-order valence-corrected chi connectivity index (χ3v) is 5.67. The van der Waals surface area contributed by atoms with Crippen molar-refractivity contribution >= 4 is 29.1 Å². The quantitative estimate of drug-likeness (QED) is 0.427. The highest BCUT2D eigenvalue weighted by Crippen LogP contribution is 2.38. The first-order valence-corrected chi connectivity index (χ1v) is 10.6. The van der Waals surface area contributed by atoms with Gasteiger partial charge in [0.2, 0.25) is 5.92 Å². The fraction of sp³-hybridized carbons (Fsp3) is 0.429. The lowest BCUT2D eigenvalue weighted by molar-refractivity contribution is -0.274. The van der Waals surface area contributed by atoms with Crippen molar-refractivity contribution < 1.29 is 40.7 Å². The highest BCUT2D eigenvalue weighted by Gasteiger charge is 2.49. The van der Waals surface area contributed by atoms with Crippen LogP contribution in [-0.4, -0.2) is 45.7 Å². The molecule has 3 rings (SSSR count). The maximum atomic E-state index is 14.1. The lowest BCUT2D eigenvalue weighted by atomic mass is 9.89. The van der Waals surface area contributed by atoms with E-state index in [-0.39, 0.29) is 17.7 Å². The highest BCUT2D eigenvalue weighted by molar-refractivity contribution is 6.32. The van der Waals surface area contributed by atoms with Crippen molar-refractivity contribution in [2.24, 2.45) is 0 Å². The van der Waals surface area contributed by atoms with Crippen molar-refractivity contribution in [3.05, 3.63) is 48.5 Å². The molecule has 14 heteroatoms. The monoisotopic (exact) mass is 524 g/mol. The molecule has 0 spiro atoms. The first kappa shape index (κ1) is 26.5. The van der Waals surface area contributed by atoms with Crippen molar-refractivity contribution in [2.45, 2.75) is 55.7 Å². The summed E-state index contributed by atoms with van der Waals surface area (Å²) in [6.45, 7) is 1.19. The van der Waals surface area contributed by atoms with Crippen LogP contribution in [0.5, 0.6) is 5.75 Å². The van der Waals surface area contributed by atoms with Crippen molar-refractivity contribution in [3.63, 3.8) is 0 Å². The number of nitrogens with one attached hydrogen (secondary N) is 1. The summed E-state index contributed by atoms with van der Waals surface area (Å²) in [5.74, 6) is -6.04. The fourth-order valence-electron chi connectivity index (χ4n) is 3.81. The van der Waals surface area contributed by atoms with Gasteiger partial charge in [-0.05, 0) is 37.6 Å². The number of benzene rings is 1. The summed E-state index contributed by atoms with van der Waals surface area (Å²) >= 11 is 5.40. The third-order valence-electron chi connectivity index (χ3n) is 5.49. The average molecular weight is 525 g/mol. The van der Waals surface area contributed by atoms with Crippen LogP contribution in [0.15, 0.2) is 43.0 Å². The Morgan fingerprint density at radius 2 is 1.80 bits per heavy atom. The summed E-state index contributed by atoms with van der Waals surface area (Å²) in [6, 6.07) is 2.72. The molecule has 0 saturated heterocycles. The molecule has 7 nitrogen and oxygen atoms in total. The minimum atomic E-state index is -4.99. The van der Waals surface area contributed by atoms with Gasteiger partial charge in [-0.3, -0.25) is 14.5 Å². The van der Waals surface area contributed by atoms with Crippen LogP contribution in [0.2, 0.25) is 0 Å². The molecular formula is C21H19ClF6N4O3. The van der Waals surface area contributed by atoms with E-state index in [4.69, 9.17) is 11.6 Å². The Labute approximate surface area is 200 Å². The van der Waals surface area contributed by atoms with Gasteiger partial charge in [0.15, 0.2) is 5.54 Å². The van der Waals surface area contributed by atoms with E-state index in [0.717, 1.165) is 43.0 Å². The Morgan fingerprint density at radius 1 is 1.20 bits per heavy atom. The van der Waals surface area contributed by atoms with Crippen LogP contribution in [0.3, 0.4) is 0 Å². The summed E-state index contributed by atoms with van der Waals surface area (Å²) in [6.07, 6.45) is -2.71. The number of anilines is 1. The molecule has 1 saturated carbocycles. The Bertz CT molecular complexity index is 1060. The van der Waals surface area contributed by atoms with E-state index in [2.05, 4.69) is 20.0 Å².